The smallest absolute Gasteiger partial charge is 0.268 e. The van der Waals surface area contributed by atoms with E-state index in [0.29, 0.717) is 40.9 Å². The first-order valence-corrected chi connectivity index (χ1v) is 9.65. The van der Waals surface area contributed by atoms with Crippen LogP contribution in [0.5, 0.6) is 5.75 Å². The number of anilines is 2. The van der Waals surface area contributed by atoms with Crippen molar-refractivity contribution < 1.29 is 9.53 Å². The number of ether oxygens (including phenoxy) is 1. The number of hydrogen-bond acceptors (Lipinski definition) is 8. The molecule has 1 aromatic carbocycles. The molecule has 1 amide bonds. The summed E-state index contributed by atoms with van der Waals surface area (Å²) in [5.41, 5.74) is 13.6. The van der Waals surface area contributed by atoms with Crippen molar-refractivity contribution in [3.05, 3.63) is 47.5 Å². The summed E-state index contributed by atoms with van der Waals surface area (Å²) in [6.45, 7) is 0.916. The van der Waals surface area contributed by atoms with Crippen LogP contribution in [0.25, 0.3) is 21.6 Å². The standard InChI is InChI=1S/C19H19N7O2S/c1-28-13-4-2-3-12-16(13)24-19(26(12)10-8-20)25-17(27)15-6-5-14(29-15)11-7-9-22-18(21)23-11/h2-7,9H,8,10,20H2,1H3,(H2,21,22,23)(H,24,25,27). The Morgan fingerprint density at radius 1 is 1.24 bits per heavy atom. The van der Waals surface area contributed by atoms with E-state index in [1.54, 1.807) is 25.4 Å². The van der Waals surface area contributed by atoms with Crippen molar-refractivity contribution in [2.75, 3.05) is 24.7 Å². The van der Waals surface area contributed by atoms with Gasteiger partial charge in [0.2, 0.25) is 11.9 Å². The number of fused-ring (bicyclic) bond motifs is 1. The van der Waals surface area contributed by atoms with Crippen molar-refractivity contribution >= 4 is 40.2 Å². The van der Waals surface area contributed by atoms with Crippen LogP contribution in [-0.4, -0.2) is 39.1 Å². The molecule has 0 aliphatic carbocycles. The summed E-state index contributed by atoms with van der Waals surface area (Å²) < 4.78 is 7.26. The molecule has 3 heterocycles. The van der Waals surface area contributed by atoms with E-state index in [1.165, 1.54) is 11.3 Å². The van der Waals surface area contributed by atoms with Gasteiger partial charge in [0, 0.05) is 19.3 Å². The Hall–Kier alpha value is -3.50. The minimum Gasteiger partial charge on any atom is -0.494 e. The third-order valence-corrected chi connectivity index (χ3v) is 5.40. The number of methoxy groups -OCH3 is 1. The number of para-hydroxylation sites is 1. The highest BCUT2D eigenvalue weighted by molar-refractivity contribution is 7.17. The lowest BCUT2D eigenvalue weighted by Gasteiger charge is -2.08. The number of aromatic nitrogens is 4. The molecule has 5 N–H and O–H groups in total. The summed E-state index contributed by atoms with van der Waals surface area (Å²) in [4.78, 5) is 26.8. The van der Waals surface area contributed by atoms with E-state index in [-0.39, 0.29) is 11.9 Å². The van der Waals surface area contributed by atoms with Crippen molar-refractivity contribution in [2.24, 2.45) is 5.73 Å². The second kappa shape index (κ2) is 7.86. The fourth-order valence-electron chi connectivity index (χ4n) is 3.01. The molecular formula is C19H19N7O2S. The van der Waals surface area contributed by atoms with Gasteiger partial charge in [0.05, 0.1) is 28.1 Å². The molecule has 0 saturated heterocycles. The highest BCUT2D eigenvalue weighted by Gasteiger charge is 2.18. The second-order valence-corrected chi connectivity index (χ2v) is 7.21. The van der Waals surface area contributed by atoms with Gasteiger partial charge < -0.3 is 20.8 Å². The maximum absolute atomic E-state index is 12.8. The molecule has 0 fully saturated rings. The molecule has 3 aromatic heterocycles. The van der Waals surface area contributed by atoms with Crippen molar-refractivity contribution in [3.8, 4) is 16.3 Å². The van der Waals surface area contributed by atoms with Crippen molar-refractivity contribution in [3.63, 3.8) is 0 Å². The van der Waals surface area contributed by atoms with E-state index in [9.17, 15) is 4.79 Å². The van der Waals surface area contributed by atoms with Gasteiger partial charge in [-0.2, -0.15) is 0 Å². The lowest BCUT2D eigenvalue weighted by atomic mass is 10.3. The maximum Gasteiger partial charge on any atom is 0.268 e. The summed E-state index contributed by atoms with van der Waals surface area (Å²) in [6.07, 6.45) is 1.58. The fraction of sp³-hybridized carbons (Fsp3) is 0.158. The molecule has 10 heteroatoms. The van der Waals surface area contributed by atoms with Crippen LogP contribution < -0.4 is 21.5 Å². The number of nitrogens with zero attached hydrogens (tertiary/aromatic N) is 4. The maximum atomic E-state index is 12.8. The van der Waals surface area contributed by atoms with Crippen molar-refractivity contribution in [1.82, 2.24) is 19.5 Å². The zero-order valence-electron chi connectivity index (χ0n) is 15.6. The van der Waals surface area contributed by atoms with Crippen LogP contribution in [0.15, 0.2) is 42.6 Å². The predicted molar refractivity (Wildman–Crippen MR) is 113 cm³/mol. The van der Waals surface area contributed by atoms with Crippen LogP contribution in [0.1, 0.15) is 9.67 Å². The number of amides is 1. The number of carbonyl (C=O) groups is 1. The average molecular weight is 409 g/mol. The van der Waals surface area contributed by atoms with E-state index in [1.807, 2.05) is 28.8 Å². The second-order valence-electron chi connectivity index (χ2n) is 6.12. The van der Waals surface area contributed by atoms with Crippen molar-refractivity contribution in [2.45, 2.75) is 6.54 Å². The van der Waals surface area contributed by atoms with E-state index < -0.39 is 0 Å². The minimum atomic E-state index is -0.268. The van der Waals surface area contributed by atoms with E-state index in [4.69, 9.17) is 16.2 Å². The third-order valence-electron chi connectivity index (χ3n) is 4.30. The van der Waals surface area contributed by atoms with E-state index in [2.05, 4.69) is 20.3 Å². The molecule has 9 nitrogen and oxygen atoms in total. The number of thiophene rings is 1. The Morgan fingerprint density at radius 2 is 2.10 bits per heavy atom. The van der Waals surface area contributed by atoms with Crippen LogP contribution in [0.2, 0.25) is 0 Å². The lowest BCUT2D eigenvalue weighted by molar-refractivity contribution is 0.102. The summed E-state index contributed by atoms with van der Waals surface area (Å²) in [5.74, 6) is 0.969. The Balaban J connectivity index is 1.65. The van der Waals surface area contributed by atoms with Crippen LogP contribution in [-0.2, 0) is 6.54 Å². The number of carbonyl (C=O) groups excluding carboxylic acids is 1. The molecule has 0 aliphatic rings. The third kappa shape index (κ3) is 3.62. The number of hydrogen-bond donors (Lipinski definition) is 3. The Morgan fingerprint density at radius 3 is 2.86 bits per heavy atom. The predicted octanol–water partition coefficient (Wildman–Crippen LogP) is 2.36. The summed E-state index contributed by atoms with van der Waals surface area (Å²) in [7, 11) is 1.59. The average Bonchev–Trinajstić information content (AvgIpc) is 3.34. The topological polar surface area (TPSA) is 134 Å². The van der Waals surface area contributed by atoms with Gasteiger partial charge in [0.25, 0.3) is 5.91 Å². The SMILES string of the molecule is COc1cccc2c1nc(NC(=O)c1ccc(-c3ccnc(N)n3)s1)n2CCN. The fourth-order valence-corrected chi connectivity index (χ4v) is 3.88. The first-order chi connectivity index (χ1) is 14.1. The van der Waals surface area contributed by atoms with Gasteiger partial charge in [-0.05, 0) is 30.3 Å². The molecular weight excluding hydrogens is 390 g/mol. The van der Waals surface area contributed by atoms with Gasteiger partial charge in [-0.3, -0.25) is 10.1 Å². The molecule has 4 aromatic rings. The summed E-state index contributed by atoms with van der Waals surface area (Å²) in [5, 5.41) is 2.88. The number of benzene rings is 1. The van der Waals surface area contributed by atoms with Gasteiger partial charge in [-0.15, -0.1) is 11.3 Å². The first-order valence-electron chi connectivity index (χ1n) is 8.84. The Bertz CT molecular complexity index is 1180. The molecule has 0 unspecified atom stereocenters. The zero-order chi connectivity index (χ0) is 20.4. The molecule has 148 valence electrons. The Kier molecular flexibility index (Phi) is 5.10. The molecule has 29 heavy (non-hydrogen) atoms. The number of imidazole rings is 1. The normalized spacial score (nSPS) is 11.0. The molecule has 4 rings (SSSR count). The van der Waals surface area contributed by atoms with Crippen LogP contribution in [0, 0.1) is 0 Å². The van der Waals surface area contributed by atoms with Crippen LogP contribution in [0.3, 0.4) is 0 Å². The highest BCUT2D eigenvalue weighted by Crippen LogP contribution is 2.30. The van der Waals surface area contributed by atoms with Gasteiger partial charge in [-0.1, -0.05) is 6.07 Å². The quantitative estimate of drug-likeness (QED) is 0.445. The Labute approximate surface area is 170 Å². The molecule has 0 saturated carbocycles. The zero-order valence-corrected chi connectivity index (χ0v) is 16.4. The highest BCUT2D eigenvalue weighted by atomic mass is 32.1. The van der Waals surface area contributed by atoms with E-state index >= 15 is 0 Å². The number of nitrogens with two attached hydrogens (primary N) is 2. The van der Waals surface area contributed by atoms with Gasteiger partial charge in [0.1, 0.15) is 11.3 Å². The first kappa shape index (κ1) is 18.8. The molecule has 0 aliphatic heterocycles. The van der Waals surface area contributed by atoms with Gasteiger partial charge >= 0.3 is 0 Å². The molecule has 0 radical (unpaired) electrons. The number of nitrogen functional groups attached to an aromatic ring is 1. The molecule has 0 bridgehead atoms. The van der Waals surface area contributed by atoms with Crippen molar-refractivity contribution in [1.29, 1.82) is 0 Å². The molecule has 0 atom stereocenters. The lowest BCUT2D eigenvalue weighted by Crippen LogP contribution is -2.17. The van der Waals surface area contributed by atoms with Gasteiger partial charge in [0.15, 0.2) is 0 Å². The van der Waals surface area contributed by atoms with E-state index in [0.717, 1.165) is 10.4 Å². The monoisotopic (exact) mass is 409 g/mol. The summed E-state index contributed by atoms with van der Waals surface area (Å²) in [6, 6.07) is 10.9. The number of rotatable bonds is 6. The largest absolute Gasteiger partial charge is 0.494 e. The number of nitrogens with one attached hydrogen (secondary N) is 1. The summed E-state index contributed by atoms with van der Waals surface area (Å²) >= 11 is 1.31. The van der Waals surface area contributed by atoms with Crippen LogP contribution in [0.4, 0.5) is 11.9 Å². The molecule has 0 spiro atoms. The minimum absolute atomic E-state index is 0.186. The van der Waals surface area contributed by atoms with Gasteiger partial charge in [-0.25, -0.2) is 15.0 Å². The van der Waals surface area contributed by atoms with Crippen LogP contribution >= 0.6 is 11.3 Å².